The number of hydrogen-bond donors (Lipinski definition) is 1. The van der Waals surface area contributed by atoms with Crippen LogP contribution >= 0.6 is 0 Å². The fourth-order valence-electron chi connectivity index (χ4n) is 2.27. The zero-order chi connectivity index (χ0) is 12.3. The summed E-state index contributed by atoms with van der Waals surface area (Å²) in [4.78, 5) is 15.8. The second-order valence-corrected chi connectivity index (χ2v) is 4.36. The van der Waals surface area contributed by atoms with Crippen LogP contribution in [0.3, 0.4) is 0 Å². The molecule has 1 unspecified atom stereocenters. The Labute approximate surface area is 101 Å². The monoisotopic (exact) mass is 231 g/mol. The Hall–Kier alpha value is -1.76. The third-order valence-electron chi connectivity index (χ3n) is 2.99. The maximum atomic E-state index is 11.3. The molecule has 17 heavy (non-hydrogen) atoms. The number of amides is 1. The van der Waals surface area contributed by atoms with Gasteiger partial charge in [0.05, 0.1) is 5.69 Å². The van der Waals surface area contributed by atoms with Crippen LogP contribution in [0.4, 0.5) is 0 Å². The van der Waals surface area contributed by atoms with Crippen molar-refractivity contribution >= 4 is 5.91 Å². The lowest BCUT2D eigenvalue weighted by atomic mass is 9.99. The van der Waals surface area contributed by atoms with E-state index in [1.807, 2.05) is 6.92 Å². The Morgan fingerprint density at radius 2 is 2.53 bits per heavy atom. The summed E-state index contributed by atoms with van der Waals surface area (Å²) in [6.07, 6.45) is 4.30. The average Bonchev–Trinajstić information content (AvgIpc) is 2.67. The molecule has 2 rings (SSSR count). The van der Waals surface area contributed by atoms with Crippen LogP contribution in [0.25, 0.3) is 0 Å². The molecule has 1 N–H and O–H groups in total. The molecule has 2 heterocycles. The Morgan fingerprint density at radius 3 is 3.29 bits per heavy atom. The van der Waals surface area contributed by atoms with Crippen LogP contribution in [0.15, 0.2) is 6.20 Å². The summed E-state index contributed by atoms with van der Waals surface area (Å²) in [6.45, 7) is 5.33. The molecule has 4 nitrogen and oxygen atoms in total. The topological polar surface area (TPSA) is 46.9 Å². The van der Waals surface area contributed by atoms with Gasteiger partial charge < -0.3 is 9.88 Å². The Balaban J connectivity index is 2.02. The molecule has 0 bridgehead atoms. The minimum atomic E-state index is -0.201. The van der Waals surface area contributed by atoms with Crippen molar-refractivity contribution < 1.29 is 4.79 Å². The summed E-state index contributed by atoms with van der Waals surface area (Å²) >= 11 is 0. The molecular formula is C13H17N3O. The summed E-state index contributed by atoms with van der Waals surface area (Å²) in [5.74, 6) is 6.30. The van der Waals surface area contributed by atoms with Crippen molar-refractivity contribution in [1.82, 2.24) is 14.9 Å². The average molecular weight is 231 g/mol. The first-order valence-electron chi connectivity index (χ1n) is 5.95. The summed E-state index contributed by atoms with van der Waals surface area (Å²) in [6, 6.07) is 0. The molecule has 0 fully saturated rings. The molecule has 0 spiro atoms. The summed E-state index contributed by atoms with van der Waals surface area (Å²) in [5, 5.41) is 2.84. The zero-order valence-electron chi connectivity index (χ0n) is 10.3. The van der Waals surface area contributed by atoms with Crippen molar-refractivity contribution in [2.45, 2.75) is 39.2 Å². The minimum absolute atomic E-state index is 0.201. The Bertz CT molecular complexity index is 479. The Kier molecular flexibility index (Phi) is 3.48. The lowest BCUT2D eigenvalue weighted by molar-refractivity contribution is -0.115. The lowest BCUT2D eigenvalue weighted by Gasteiger charge is -2.23. The van der Waals surface area contributed by atoms with Crippen LogP contribution < -0.4 is 5.32 Å². The molecule has 1 aliphatic heterocycles. The standard InChI is InChI=1S/C13H17N3O/c1-3-5-12(17)14-8-11-6-4-7-16-9-10(2)15-13(11)16/h9,11H,4,6-8H2,1-2H3,(H,14,17). The molecule has 1 aliphatic rings. The first kappa shape index (κ1) is 11.7. The van der Waals surface area contributed by atoms with Gasteiger partial charge in [-0.3, -0.25) is 4.79 Å². The van der Waals surface area contributed by atoms with E-state index < -0.39 is 0 Å². The second kappa shape index (κ2) is 5.05. The highest BCUT2D eigenvalue weighted by molar-refractivity contribution is 5.93. The van der Waals surface area contributed by atoms with Crippen LogP contribution in [0, 0.1) is 18.8 Å². The van der Waals surface area contributed by atoms with Gasteiger partial charge in [-0.15, -0.1) is 0 Å². The normalized spacial score (nSPS) is 17.9. The van der Waals surface area contributed by atoms with Gasteiger partial charge in [0.2, 0.25) is 0 Å². The van der Waals surface area contributed by atoms with Crippen LogP contribution in [0.5, 0.6) is 0 Å². The number of nitrogens with zero attached hydrogens (tertiary/aromatic N) is 2. The van der Waals surface area contributed by atoms with E-state index in [1.165, 1.54) is 0 Å². The van der Waals surface area contributed by atoms with Crippen molar-refractivity contribution in [1.29, 1.82) is 0 Å². The summed E-state index contributed by atoms with van der Waals surface area (Å²) in [5.41, 5.74) is 1.05. The van der Waals surface area contributed by atoms with Crippen molar-refractivity contribution in [3.8, 4) is 11.8 Å². The smallest absolute Gasteiger partial charge is 0.295 e. The van der Waals surface area contributed by atoms with Crippen molar-refractivity contribution in [2.75, 3.05) is 6.54 Å². The SMILES string of the molecule is CC#CC(=O)NCC1CCCn2cc(C)nc21. The minimum Gasteiger partial charge on any atom is -0.345 e. The quantitative estimate of drug-likeness (QED) is 0.778. The molecular weight excluding hydrogens is 214 g/mol. The number of imidazole rings is 1. The third kappa shape index (κ3) is 2.68. The molecule has 90 valence electrons. The number of fused-ring (bicyclic) bond motifs is 1. The maximum absolute atomic E-state index is 11.3. The number of aryl methyl sites for hydroxylation is 2. The van der Waals surface area contributed by atoms with E-state index in [-0.39, 0.29) is 5.91 Å². The van der Waals surface area contributed by atoms with Crippen molar-refractivity contribution in [3.63, 3.8) is 0 Å². The van der Waals surface area contributed by atoms with Crippen molar-refractivity contribution in [2.24, 2.45) is 0 Å². The third-order valence-corrected chi connectivity index (χ3v) is 2.99. The van der Waals surface area contributed by atoms with E-state index in [0.29, 0.717) is 12.5 Å². The van der Waals surface area contributed by atoms with E-state index in [2.05, 4.69) is 32.9 Å². The zero-order valence-corrected chi connectivity index (χ0v) is 10.3. The number of carbonyl (C=O) groups excluding carboxylic acids is 1. The van der Waals surface area contributed by atoms with Gasteiger partial charge in [-0.25, -0.2) is 4.98 Å². The number of nitrogens with one attached hydrogen (secondary N) is 1. The van der Waals surface area contributed by atoms with Gasteiger partial charge in [-0.05, 0) is 32.6 Å². The van der Waals surface area contributed by atoms with E-state index >= 15 is 0 Å². The summed E-state index contributed by atoms with van der Waals surface area (Å²) in [7, 11) is 0. The van der Waals surface area contributed by atoms with Crippen LogP contribution in [-0.2, 0) is 11.3 Å². The van der Waals surface area contributed by atoms with E-state index in [9.17, 15) is 4.79 Å². The molecule has 0 radical (unpaired) electrons. The van der Waals surface area contributed by atoms with Crippen LogP contribution in [0.1, 0.15) is 37.2 Å². The van der Waals surface area contributed by atoms with Gasteiger partial charge in [-0.2, -0.15) is 0 Å². The predicted octanol–water partition coefficient (Wildman–Crippen LogP) is 1.21. The van der Waals surface area contributed by atoms with Crippen LogP contribution in [-0.4, -0.2) is 22.0 Å². The first-order chi connectivity index (χ1) is 8.20. The van der Waals surface area contributed by atoms with E-state index in [1.54, 1.807) is 6.92 Å². The largest absolute Gasteiger partial charge is 0.345 e. The molecule has 0 aliphatic carbocycles. The predicted molar refractivity (Wildman–Crippen MR) is 65.4 cm³/mol. The molecule has 0 saturated heterocycles. The highest BCUT2D eigenvalue weighted by Gasteiger charge is 2.22. The molecule has 0 saturated carbocycles. The number of hydrogen-bond acceptors (Lipinski definition) is 2. The molecule has 1 aromatic heterocycles. The van der Waals surface area contributed by atoms with E-state index in [0.717, 1.165) is 30.9 Å². The Morgan fingerprint density at radius 1 is 1.71 bits per heavy atom. The molecule has 1 aromatic rings. The van der Waals surface area contributed by atoms with Crippen LogP contribution in [0.2, 0.25) is 0 Å². The van der Waals surface area contributed by atoms with E-state index in [4.69, 9.17) is 0 Å². The van der Waals surface area contributed by atoms with Gasteiger partial charge >= 0.3 is 0 Å². The van der Waals surface area contributed by atoms with Gasteiger partial charge in [0.25, 0.3) is 5.91 Å². The first-order valence-corrected chi connectivity index (χ1v) is 5.95. The fourth-order valence-corrected chi connectivity index (χ4v) is 2.27. The van der Waals surface area contributed by atoms with Crippen molar-refractivity contribution in [3.05, 3.63) is 17.7 Å². The van der Waals surface area contributed by atoms with Gasteiger partial charge in [0.1, 0.15) is 5.82 Å². The number of rotatable bonds is 2. The fraction of sp³-hybridized carbons (Fsp3) is 0.538. The maximum Gasteiger partial charge on any atom is 0.295 e. The lowest BCUT2D eigenvalue weighted by Crippen LogP contribution is -2.30. The molecule has 4 heteroatoms. The highest BCUT2D eigenvalue weighted by Crippen LogP contribution is 2.25. The summed E-state index contributed by atoms with van der Waals surface area (Å²) < 4.78 is 2.20. The number of carbonyl (C=O) groups is 1. The van der Waals surface area contributed by atoms with Gasteiger partial charge in [-0.1, -0.05) is 5.92 Å². The van der Waals surface area contributed by atoms with Gasteiger partial charge in [0.15, 0.2) is 0 Å². The highest BCUT2D eigenvalue weighted by atomic mass is 16.1. The van der Waals surface area contributed by atoms with Gasteiger partial charge in [0, 0.05) is 25.2 Å². The molecule has 1 amide bonds. The second-order valence-electron chi connectivity index (χ2n) is 4.36. The molecule has 1 atom stereocenters. The molecule has 0 aromatic carbocycles. The number of aromatic nitrogens is 2.